The Morgan fingerprint density at radius 2 is 1.85 bits per heavy atom. The number of benzene rings is 1. The normalized spacial score (nSPS) is 14.2. The standard InChI is InChI=1S/C20H31NO5S/c1-8-13(3)17(10-11-19(22)26-9-2)21-27(23,24)20-14(4)12-18(25-7)15(5)16(20)6/h10-13,17,21H,8-9H2,1-7H3/b11-10-/t13-,17+/m0/s1. The third-order valence-corrected chi connectivity index (χ3v) is 6.49. The summed E-state index contributed by atoms with van der Waals surface area (Å²) in [7, 11) is -2.23. The van der Waals surface area contributed by atoms with Gasteiger partial charge in [-0.25, -0.2) is 17.9 Å². The molecule has 152 valence electrons. The van der Waals surface area contributed by atoms with Crippen LogP contribution in [0.3, 0.4) is 0 Å². The molecule has 1 N–H and O–H groups in total. The fraction of sp³-hybridized carbons (Fsp3) is 0.550. The van der Waals surface area contributed by atoms with Crippen LogP contribution < -0.4 is 9.46 Å². The summed E-state index contributed by atoms with van der Waals surface area (Å²) in [5.41, 5.74) is 2.04. The van der Waals surface area contributed by atoms with E-state index in [9.17, 15) is 13.2 Å². The second kappa shape index (κ2) is 9.90. The first-order valence-electron chi connectivity index (χ1n) is 9.11. The highest BCUT2D eigenvalue weighted by molar-refractivity contribution is 7.89. The third-order valence-electron chi connectivity index (χ3n) is 4.74. The summed E-state index contributed by atoms with van der Waals surface area (Å²) in [4.78, 5) is 11.9. The number of aryl methyl sites for hydroxylation is 1. The van der Waals surface area contributed by atoms with E-state index in [2.05, 4.69) is 4.72 Å². The van der Waals surface area contributed by atoms with Crippen molar-refractivity contribution in [2.24, 2.45) is 5.92 Å². The molecule has 2 atom stereocenters. The highest BCUT2D eigenvalue weighted by atomic mass is 32.2. The summed E-state index contributed by atoms with van der Waals surface area (Å²) < 4.78 is 39.2. The van der Waals surface area contributed by atoms with Crippen molar-refractivity contribution in [3.63, 3.8) is 0 Å². The molecule has 0 fully saturated rings. The number of ether oxygens (including phenoxy) is 2. The SMILES string of the molecule is CCOC(=O)/C=C\[C@@H](NS(=O)(=O)c1c(C)cc(OC)c(C)c1C)[C@@H](C)CC. The zero-order valence-corrected chi connectivity index (χ0v) is 18.1. The Morgan fingerprint density at radius 3 is 2.37 bits per heavy atom. The Bertz CT molecular complexity index is 799. The van der Waals surface area contributed by atoms with E-state index in [-0.39, 0.29) is 17.4 Å². The van der Waals surface area contributed by atoms with Crippen molar-refractivity contribution in [2.75, 3.05) is 13.7 Å². The number of sulfonamides is 1. The van der Waals surface area contributed by atoms with E-state index in [4.69, 9.17) is 9.47 Å². The first-order chi connectivity index (χ1) is 12.6. The van der Waals surface area contributed by atoms with Crippen molar-refractivity contribution in [1.29, 1.82) is 0 Å². The van der Waals surface area contributed by atoms with E-state index in [1.54, 1.807) is 40.0 Å². The highest BCUT2D eigenvalue weighted by Gasteiger charge is 2.27. The average Bonchev–Trinajstić information content (AvgIpc) is 2.60. The molecule has 0 radical (unpaired) electrons. The molecule has 0 saturated heterocycles. The van der Waals surface area contributed by atoms with Gasteiger partial charge in [-0.2, -0.15) is 0 Å². The molecule has 0 spiro atoms. The number of carbonyl (C=O) groups is 1. The van der Waals surface area contributed by atoms with Crippen LogP contribution in [0.25, 0.3) is 0 Å². The first-order valence-corrected chi connectivity index (χ1v) is 10.6. The summed E-state index contributed by atoms with van der Waals surface area (Å²) in [6, 6.07) is 1.20. The molecule has 0 amide bonds. The van der Waals surface area contributed by atoms with Gasteiger partial charge < -0.3 is 9.47 Å². The van der Waals surface area contributed by atoms with E-state index in [1.165, 1.54) is 6.08 Å². The molecular weight excluding hydrogens is 366 g/mol. The minimum atomic E-state index is -3.79. The summed E-state index contributed by atoms with van der Waals surface area (Å²) in [5, 5.41) is 0. The van der Waals surface area contributed by atoms with Crippen LogP contribution in [-0.4, -0.2) is 34.1 Å². The number of nitrogens with one attached hydrogen (secondary N) is 1. The molecule has 0 aliphatic heterocycles. The summed E-state index contributed by atoms with van der Waals surface area (Å²) in [6.07, 6.45) is 3.59. The van der Waals surface area contributed by atoms with Gasteiger partial charge in [-0.1, -0.05) is 26.3 Å². The minimum Gasteiger partial charge on any atom is -0.496 e. The minimum absolute atomic E-state index is 0.00501. The van der Waals surface area contributed by atoms with E-state index in [0.29, 0.717) is 16.9 Å². The van der Waals surface area contributed by atoms with Crippen LogP contribution in [-0.2, 0) is 19.6 Å². The van der Waals surface area contributed by atoms with E-state index in [0.717, 1.165) is 12.0 Å². The average molecular weight is 398 g/mol. The van der Waals surface area contributed by atoms with E-state index >= 15 is 0 Å². The number of esters is 1. The zero-order valence-electron chi connectivity index (χ0n) is 17.3. The van der Waals surface area contributed by atoms with Crippen LogP contribution in [0.5, 0.6) is 5.75 Å². The largest absolute Gasteiger partial charge is 0.496 e. The number of methoxy groups -OCH3 is 1. The zero-order chi connectivity index (χ0) is 20.8. The Morgan fingerprint density at radius 1 is 1.22 bits per heavy atom. The molecular formula is C20H31NO5S. The summed E-state index contributed by atoms with van der Waals surface area (Å²) >= 11 is 0. The second-order valence-corrected chi connectivity index (χ2v) is 8.27. The van der Waals surface area contributed by atoms with Crippen LogP contribution in [0.15, 0.2) is 23.1 Å². The molecule has 0 unspecified atom stereocenters. The van der Waals surface area contributed by atoms with Gasteiger partial charge in [0.15, 0.2) is 0 Å². The smallest absolute Gasteiger partial charge is 0.330 e. The maximum atomic E-state index is 13.1. The Hall–Kier alpha value is -1.86. The van der Waals surface area contributed by atoms with Gasteiger partial charge in [0.25, 0.3) is 0 Å². The Kier molecular flexibility index (Phi) is 8.50. The lowest BCUT2D eigenvalue weighted by molar-refractivity contribution is -0.137. The van der Waals surface area contributed by atoms with Crippen molar-refractivity contribution >= 4 is 16.0 Å². The lowest BCUT2D eigenvalue weighted by Crippen LogP contribution is -2.38. The fourth-order valence-corrected chi connectivity index (χ4v) is 4.68. The van der Waals surface area contributed by atoms with E-state index < -0.39 is 22.0 Å². The summed E-state index contributed by atoms with van der Waals surface area (Å²) in [5.74, 6) is 0.174. The van der Waals surface area contributed by atoms with Gasteiger partial charge in [0.2, 0.25) is 10.0 Å². The van der Waals surface area contributed by atoms with Crippen molar-refractivity contribution < 1.29 is 22.7 Å². The lowest BCUT2D eigenvalue weighted by Gasteiger charge is -2.23. The molecule has 0 bridgehead atoms. The number of carbonyl (C=O) groups excluding carboxylic acids is 1. The summed E-state index contributed by atoms with van der Waals surface area (Å²) in [6.45, 7) is 11.2. The lowest BCUT2D eigenvalue weighted by atomic mass is 10.00. The first kappa shape index (κ1) is 23.2. The van der Waals surface area contributed by atoms with Gasteiger partial charge in [-0.15, -0.1) is 0 Å². The molecule has 7 heteroatoms. The van der Waals surface area contributed by atoms with Crippen molar-refractivity contribution in [2.45, 2.75) is 58.9 Å². The maximum absolute atomic E-state index is 13.1. The molecule has 0 heterocycles. The fourth-order valence-electron chi connectivity index (χ4n) is 2.86. The molecule has 0 aliphatic carbocycles. The van der Waals surface area contributed by atoms with Gasteiger partial charge >= 0.3 is 5.97 Å². The van der Waals surface area contributed by atoms with Gasteiger partial charge in [-0.05, 0) is 56.4 Å². The Balaban J connectivity index is 3.29. The number of rotatable bonds is 9. The number of hydrogen-bond donors (Lipinski definition) is 1. The predicted octanol–water partition coefficient (Wildman–Crippen LogP) is 3.43. The van der Waals surface area contributed by atoms with Gasteiger partial charge in [0.1, 0.15) is 5.75 Å². The third kappa shape index (κ3) is 5.81. The Labute approximate surface area is 163 Å². The van der Waals surface area contributed by atoms with Gasteiger partial charge in [-0.3, -0.25) is 0 Å². The topological polar surface area (TPSA) is 81.7 Å². The van der Waals surface area contributed by atoms with Crippen LogP contribution >= 0.6 is 0 Å². The molecule has 0 aromatic heterocycles. The number of hydrogen-bond acceptors (Lipinski definition) is 5. The highest BCUT2D eigenvalue weighted by Crippen LogP contribution is 2.30. The monoisotopic (exact) mass is 397 g/mol. The van der Waals surface area contributed by atoms with Gasteiger partial charge in [0.05, 0.1) is 18.6 Å². The molecule has 1 aromatic carbocycles. The van der Waals surface area contributed by atoms with Crippen LogP contribution in [0, 0.1) is 26.7 Å². The second-order valence-electron chi connectivity index (χ2n) is 6.62. The molecule has 0 aliphatic rings. The van der Waals surface area contributed by atoms with Gasteiger partial charge in [0, 0.05) is 12.1 Å². The van der Waals surface area contributed by atoms with Crippen LogP contribution in [0.4, 0.5) is 0 Å². The quantitative estimate of drug-likeness (QED) is 0.510. The molecule has 0 saturated carbocycles. The van der Waals surface area contributed by atoms with Crippen molar-refractivity contribution in [3.8, 4) is 5.75 Å². The van der Waals surface area contributed by atoms with Crippen molar-refractivity contribution in [3.05, 3.63) is 34.9 Å². The maximum Gasteiger partial charge on any atom is 0.330 e. The molecule has 27 heavy (non-hydrogen) atoms. The molecule has 6 nitrogen and oxygen atoms in total. The molecule has 1 rings (SSSR count). The van der Waals surface area contributed by atoms with Crippen molar-refractivity contribution in [1.82, 2.24) is 4.72 Å². The van der Waals surface area contributed by atoms with E-state index in [1.807, 2.05) is 20.8 Å². The molecule has 1 aromatic rings. The van der Waals surface area contributed by atoms with Crippen LogP contribution in [0.2, 0.25) is 0 Å². The van der Waals surface area contributed by atoms with Crippen LogP contribution in [0.1, 0.15) is 43.9 Å². The predicted molar refractivity (Wildman–Crippen MR) is 107 cm³/mol.